The predicted octanol–water partition coefficient (Wildman–Crippen LogP) is 6.30. The molecule has 1 aliphatic heterocycles. The fraction of sp³-hybridized carbons (Fsp3) is 0.222. The van der Waals surface area contributed by atoms with Crippen LogP contribution >= 0.6 is 43.2 Å². The van der Waals surface area contributed by atoms with Crippen molar-refractivity contribution in [2.24, 2.45) is 5.10 Å². The van der Waals surface area contributed by atoms with Gasteiger partial charge in [-0.15, -0.1) is 0 Å². The lowest BCUT2D eigenvalue weighted by atomic mass is 10.2. The normalized spacial score (nSPS) is 18.6. The van der Waals surface area contributed by atoms with Crippen molar-refractivity contribution < 1.29 is 17.9 Å². The molecule has 12 heteroatoms. The standard InChI is InChI=1S/C27H24Br2N4O4S2/c1-17-15-32(16-18(2)37-17)39(35,36)23-10-5-20(6-11-23)26(34)33(30-14-19-3-7-21(28)8-4-19)27-31-24-12-9-22(29)13-25(24)38-27/h3-14,17-18H,15-16H2,1-2H3/b30-14+. The lowest BCUT2D eigenvalue weighted by molar-refractivity contribution is -0.0440. The Bertz CT molecular complexity index is 1630. The van der Waals surface area contributed by atoms with Crippen molar-refractivity contribution in [2.75, 3.05) is 18.1 Å². The van der Waals surface area contributed by atoms with Crippen LogP contribution in [0.5, 0.6) is 0 Å². The number of morpholine rings is 1. The van der Waals surface area contributed by atoms with Gasteiger partial charge in [0.15, 0.2) is 0 Å². The van der Waals surface area contributed by atoms with E-state index < -0.39 is 15.9 Å². The maximum absolute atomic E-state index is 13.7. The van der Waals surface area contributed by atoms with Gasteiger partial charge in [0, 0.05) is 27.6 Å². The molecule has 0 N–H and O–H groups in total. The van der Waals surface area contributed by atoms with Gasteiger partial charge in [-0.3, -0.25) is 4.79 Å². The highest BCUT2D eigenvalue weighted by atomic mass is 79.9. The summed E-state index contributed by atoms with van der Waals surface area (Å²) in [6, 6.07) is 19.1. The molecule has 2 unspecified atom stereocenters. The number of carbonyl (C=O) groups excluding carboxylic acids is 1. The van der Waals surface area contributed by atoms with Crippen LogP contribution in [-0.2, 0) is 14.8 Å². The van der Waals surface area contributed by atoms with E-state index in [0.717, 1.165) is 24.7 Å². The number of carbonyl (C=O) groups is 1. The number of sulfonamides is 1. The molecule has 0 radical (unpaired) electrons. The summed E-state index contributed by atoms with van der Waals surface area (Å²) in [5.41, 5.74) is 1.83. The van der Waals surface area contributed by atoms with Crippen LogP contribution in [0.15, 0.2) is 85.7 Å². The van der Waals surface area contributed by atoms with Crippen LogP contribution in [0.3, 0.4) is 0 Å². The molecule has 202 valence electrons. The molecule has 2 atom stereocenters. The number of rotatable bonds is 6. The lowest BCUT2D eigenvalue weighted by Gasteiger charge is -2.34. The third kappa shape index (κ3) is 6.31. The first kappa shape index (κ1) is 28.1. The zero-order valence-corrected chi connectivity index (χ0v) is 25.8. The number of amides is 1. The van der Waals surface area contributed by atoms with E-state index in [-0.39, 0.29) is 35.8 Å². The number of hydrazone groups is 1. The average molecular weight is 692 g/mol. The van der Waals surface area contributed by atoms with Crippen LogP contribution in [0.1, 0.15) is 29.8 Å². The number of hydrogen-bond acceptors (Lipinski definition) is 7. The number of halogens is 2. The summed E-state index contributed by atoms with van der Waals surface area (Å²) in [7, 11) is -3.73. The molecule has 2 heterocycles. The van der Waals surface area contributed by atoms with Crippen molar-refractivity contribution in [3.8, 4) is 0 Å². The first-order valence-electron chi connectivity index (χ1n) is 12.1. The molecule has 1 aromatic heterocycles. The number of thiazole rings is 1. The van der Waals surface area contributed by atoms with Gasteiger partial charge in [0.25, 0.3) is 5.91 Å². The Morgan fingerprint density at radius 1 is 1.03 bits per heavy atom. The number of anilines is 1. The number of fused-ring (bicyclic) bond motifs is 1. The van der Waals surface area contributed by atoms with Gasteiger partial charge in [-0.05, 0) is 74.0 Å². The Hall–Kier alpha value is -2.48. The van der Waals surface area contributed by atoms with Crippen LogP contribution in [-0.4, -0.2) is 55.1 Å². The zero-order valence-electron chi connectivity index (χ0n) is 21.0. The first-order chi connectivity index (χ1) is 18.6. The second-order valence-corrected chi connectivity index (χ2v) is 13.9. The van der Waals surface area contributed by atoms with Gasteiger partial charge >= 0.3 is 0 Å². The lowest BCUT2D eigenvalue weighted by Crippen LogP contribution is -2.48. The molecule has 0 aliphatic carbocycles. The molecule has 4 aromatic rings. The predicted molar refractivity (Wildman–Crippen MR) is 161 cm³/mol. The molecular weight excluding hydrogens is 668 g/mol. The molecule has 1 saturated heterocycles. The van der Waals surface area contributed by atoms with E-state index in [1.165, 1.54) is 44.9 Å². The molecule has 1 aliphatic rings. The summed E-state index contributed by atoms with van der Waals surface area (Å²) in [5, 5.41) is 6.13. The molecule has 39 heavy (non-hydrogen) atoms. The molecule has 1 amide bonds. The van der Waals surface area contributed by atoms with E-state index in [1.807, 2.05) is 56.3 Å². The SMILES string of the molecule is CC1CN(S(=O)(=O)c2ccc(C(=O)N(/N=C/c3ccc(Br)cc3)c3nc4ccc(Br)cc4s3)cc2)CC(C)O1. The van der Waals surface area contributed by atoms with Crippen LogP contribution in [0, 0.1) is 0 Å². The Balaban J connectivity index is 1.46. The molecular formula is C27H24Br2N4O4S2. The minimum absolute atomic E-state index is 0.120. The van der Waals surface area contributed by atoms with Crippen molar-refractivity contribution >= 4 is 80.7 Å². The monoisotopic (exact) mass is 690 g/mol. The number of benzene rings is 3. The zero-order chi connectivity index (χ0) is 27.7. The fourth-order valence-electron chi connectivity index (χ4n) is 4.21. The highest BCUT2D eigenvalue weighted by Crippen LogP contribution is 2.32. The molecule has 8 nitrogen and oxygen atoms in total. The van der Waals surface area contributed by atoms with Gasteiger partial charge in [-0.2, -0.15) is 14.4 Å². The molecule has 1 fully saturated rings. The Morgan fingerprint density at radius 3 is 2.33 bits per heavy atom. The van der Waals surface area contributed by atoms with E-state index in [4.69, 9.17) is 4.74 Å². The van der Waals surface area contributed by atoms with Crippen LogP contribution in [0.25, 0.3) is 10.2 Å². The Morgan fingerprint density at radius 2 is 1.67 bits per heavy atom. The van der Waals surface area contributed by atoms with Crippen LogP contribution in [0.2, 0.25) is 0 Å². The Kier molecular flexibility index (Phi) is 8.32. The summed E-state index contributed by atoms with van der Waals surface area (Å²) in [6.07, 6.45) is 1.19. The maximum Gasteiger partial charge on any atom is 0.280 e. The van der Waals surface area contributed by atoms with Crippen molar-refractivity contribution in [1.29, 1.82) is 0 Å². The molecule has 0 saturated carbocycles. The molecule has 0 bridgehead atoms. The third-order valence-electron chi connectivity index (χ3n) is 6.03. The summed E-state index contributed by atoms with van der Waals surface area (Å²) >= 11 is 8.23. The van der Waals surface area contributed by atoms with Crippen molar-refractivity contribution in [1.82, 2.24) is 9.29 Å². The summed E-state index contributed by atoms with van der Waals surface area (Å²) in [4.78, 5) is 18.4. The van der Waals surface area contributed by atoms with Gasteiger partial charge in [0.1, 0.15) is 0 Å². The van der Waals surface area contributed by atoms with Crippen LogP contribution < -0.4 is 5.01 Å². The molecule has 0 spiro atoms. The van der Waals surface area contributed by atoms with Gasteiger partial charge < -0.3 is 4.74 Å². The minimum atomic E-state index is -3.73. The maximum atomic E-state index is 13.7. The van der Waals surface area contributed by atoms with Crippen molar-refractivity contribution in [2.45, 2.75) is 31.0 Å². The topological polar surface area (TPSA) is 92.2 Å². The molecule has 3 aromatic carbocycles. The van der Waals surface area contributed by atoms with E-state index in [9.17, 15) is 13.2 Å². The van der Waals surface area contributed by atoms with E-state index in [1.54, 1.807) is 6.21 Å². The highest BCUT2D eigenvalue weighted by Gasteiger charge is 2.32. The van der Waals surface area contributed by atoms with E-state index in [2.05, 4.69) is 41.9 Å². The number of ether oxygens (including phenoxy) is 1. The highest BCUT2D eigenvalue weighted by molar-refractivity contribution is 9.10. The van der Waals surface area contributed by atoms with E-state index in [0.29, 0.717) is 5.13 Å². The first-order valence-corrected chi connectivity index (χ1v) is 15.9. The van der Waals surface area contributed by atoms with Gasteiger partial charge in [-0.25, -0.2) is 13.4 Å². The second kappa shape index (κ2) is 11.6. The molecule has 5 rings (SSSR count). The number of nitrogens with zero attached hydrogens (tertiary/aromatic N) is 4. The minimum Gasteiger partial charge on any atom is -0.373 e. The Labute approximate surface area is 247 Å². The average Bonchev–Trinajstić information content (AvgIpc) is 3.32. The number of hydrogen-bond donors (Lipinski definition) is 0. The third-order valence-corrected chi connectivity index (χ3v) is 9.89. The van der Waals surface area contributed by atoms with Crippen molar-refractivity contribution in [3.05, 3.63) is 86.8 Å². The summed E-state index contributed by atoms with van der Waals surface area (Å²) in [5.74, 6) is -0.431. The van der Waals surface area contributed by atoms with Crippen LogP contribution in [0.4, 0.5) is 5.13 Å². The summed E-state index contributed by atoms with van der Waals surface area (Å²) < 4.78 is 36.4. The van der Waals surface area contributed by atoms with E-state index >= 15 is 0 Å². The number of aromatic nitrogens is 1. The van der Waals surface area contributed by atoms with Gasteiger partial charge in [0.2, 0.25) is 15.2 Å². The largest absolute Gasteiger partial charge is 0.373 e. The van der Waals surface area contributed by atoms with Gasteiger partial charge in [-0.1, -0.05) is 55.3 Å². The fourth-order valence-corrected chi connectivity index (χ4v) is 7.54. The van der Waals surface area contributed by atoms with Crippen molar-refractivity contribution in [3.63, 3.8) is 0 Å². The second-order valence-electron chi connectivity index (χ2n) is 9.13. The van der Waals surface area contributed by atoms with Gasteiger partial charge in [0.05, 0.1) is 33.5 Å². The summed E-state index contributed by atoms with van der Waals surface area (Å²) in [6.45, 7) is 4.26. The quantitative estimate of drug-likeness (QED) is 0.175. The smallest absolute Gasteiger partial charge is 0.280 e.